The number of nitrogens with two attached hydrogens (primary N) is 1. The zero-order chi connectivity index (χ0) is 22.7. The van der Waals surface area contributed by atoms with Gasteiger partial charge < -0.3 is 25.6 Å². The number of amides is 3. The van der Waals surface area contributed by atoms with E-state index in [0.717, 1.165) is 38.2 Å². The van der Waals surface area contributed by atoms with E-state index in [1.165, 1.54) is 28.0 Å². The quantitative estimate of drug-likeness (QED) is 0.727. The van der Waals surface area contributed by atoms with Crippen molar-refractivity contribution in [3.63, 3.8) is 0 Å². The SMILES string of the molecule is NC1CCC(NC(=O)C2N(C(=O)c3cccc(F)c3)CCCN2C(=O)C2CCCO2)CC1. The van der Waals surface area contributed by atoms with E-state index in [9.17, 15) is 18.8 Å². The lowest BCUT2D eigenvalue weighted by Gasteiger charge is -2.44. The van der Waals surface area contributed by atoms with Crippen molar-refractivity contribution >= 4 is 17.7 Å². The van der Waals surface area contributed by atoms with Gasteiger partial charge in [0, 0.05) is 37.3 Å². The summed E-state index contributed by atoms with van der Waals surface area (Å²) in [5.74, 6) is -1.66. The molecule has 9 heteroatoms. The van der Waals surface area contributed by atoms with Crippen LogP contribution in [0.2, 0.25) is 0 Å². The Hall–Kier alpha value is -2.52. The Balaban J connectivity index is 1.58. The van der Waals surface area contributed by atoms with Crippen LogP contribution in [0, 0.1) is 5.82 Å². The Labute approximate surface area is 187 Å². The molecular weight excluding hydrogens is 415 g/mol. The lowest BCUT2D eigenvalue weighted by Crippen LogP contribution is -2.65. The highest BCUT2D eigenvalue weighted by molar-refractivity contribution is 5.99. The van der Waals surface area contributed by atoms with Gasteiger partial charge in [-0.05, 0) is 63.1 Å². The summed E-state index contributed by atoms with van der Waals surface area (Å²) in [6, 6.07) is 5.49. The van der Waals surface area contributed by atoms with Crippen molar-refractivity contribution in [2.75, 3.05) is 19.7 Å². The Kier molecular flexibility index (Phi) is 7.05. The highest BCUT2D eigenvalue weighted by Gasteiger charge is 2.43. The minimum Gasteiger partial charge on any atom is -0.368 e. The van der Waals surface area contributed by atoms with Gasteiger partial charge in [0.05, 0.1) is 0 Å². The molecule has 2 heterocycles. The second-order valence-electron chi connectivity index (χ2n) is 8.89. The molecule has 2 aliphatic heterocycles. The maximum atomic E-state index is 13.8. The van der Waals surface area contributed by atoms with Crippen molar-refractivity contribution in [1.82, 2.24) is 15.1 Å². The molecule has 1 aromatic carbocycles. The van der Waals surface area contributed by atoms with Crippen LogP contribution in [0.15, 0.2) is 24.3 Å². The second kappa shape index (κ2) is 9.95. The van der Waals surface area contributed by atoms with Crippen molar-refractivity contribution in [2.24, 2.45) is 5.73 Å². The topological polar surface area (TPSA) is 105 Å². The summed E-state index contributed by atoms with van der Waals surface area (Å²) < 4.78 is 19.3. The summed E-state index contributed by atoms with van der Waals surface area (Å²) in [5, 5.41) is 3.04. The number of halogens is 1. The van der Waals surface area contributed by atoms with E-state index < -0.39 is 24.0 Å². The van der Waals surface area contributed by atoms with Gasteiger partial charge in [0.1, 0.15) is 11.9 Å². The summed E-state index contributed by atoms with van der Waals surface area (Å²) >= 11 is 0. The lowest BCUT2D eigenvalue weighted by molar-refractivity contribution is -0.156. The average molecular weight is 447 g/mol. The van der Waals surface area contributed by atoms with E-state index in [0.29, 0.717) is 32.5 Å². The first-order valence-corrected chi connectivity index (χ1v) is 11.5. The molecule has 8 nitrogen and oxygen atoms in total. The number of carbonyl (C=O) groups is 3. The monoisotopic (exact) mass is 446 g/mol. The van der Waals surface area contributed by atoms with Gasteiger partial charge in [-0.15, -0.1) is 0 Å². The fourth-order valence-electron chi connectivity index (χ4n) is 4.83. The smallest absolute Gasteiger partial charge is 0.264 e. The van der Waals surface area contributed by atoms with E-state index in [-0.39, 0.29) is 29.5 Å². The molecular formula is C23H31FN4O4. The molecule has 1 aliphatic carbocycles. The van der Waals surface area contributed by atoms with Crippen LogP contribution in [0.1, 0.15) is 55.3 Å². The summed E-state index contributed by atoms with van der Waals surface area (Å²) in [5.41, 5.74) is 6.13. The molecule has 2 atom stereocenters. The fraction of sp³-hybridized carbons (Fsp3) is 0.609. The van der Waals surface area contributed by atoms with Gasteiger partial charge in [-0.3, -0.25) is 14.4 Å². The maximum absolute atomic E-state index is 13.8. The van der Waals surface area contributed by atoms with Gasteiger partial charge >= 0.3 is 0 Å². The van der Waals surface area contributed by atoms with Crippen molar-refractivity contribution in [2.45, 2.75) is 69.3 Å². The molecule has 3 aliphatic rings. The highest BCUT2D eigenvalue weighted by atomic mass is 19.1. The molecule has 2 saturated heterocycles. The van der Waals surface area contributed by atoms with Crippen molar-refractivity contribution in [1.29, 1.82) is 0 Å². The third kappa shape index (κ3) is 4.94. The number of carbonyl (C=O) groups excluding carboxylic acids is 3. The number of nitrogens with zero attached hydrogens (tertiary/aromatic N) is 2. The summed E-state index contributed by atoms with van der Waals surface area (Å²) in [6.07, 6.45) is 3.39. The molecule has 4 rings (SSSR count). The van der Waals surface area contributed by atoms with Crippen LogP contribution in [0.25, 0.3) is 0 Å². The minimum absolute atomic E-state index is 0.0463. The van der Waals surface area contributed by atoms with E-state index in [1.54, 1.807) is 0 Å². The first-order chi connectivity index (χ1) is 15.4. The molecule has 32 heavy (non-hydrogen) atoms. The maximum Gasteiger partial charge on any atom is 0.264 e. The molecule has 3 N–H and O–H groups in total. The number of nitrogens with one attached hydrogen (secondary N) is 1. The standard InChI is InChI=1S/C23H31FN4O4/c24-16-5-1-4-15(14-16)22(30)27-11-3-12-28(23(31)19-6-2-13-32-19)21(27)20(29)26-18-9-7-17(25)8-10-18/h1,4-5,14,17-19,21H,2-3,6-13,25H2,(H,26,29). The van der Waals surface area contributed by atoms with Crippen LogP contribution in [0.3, 0.4) is 0 Å². The first-order valence-electron chi connectivity index (χ1n) is 11.5. The number of hydrogen-bond donors (Lipinski definition) is 2. The second-order valence-corrected chi connectivity index (χ2v) is 8.89. The zero-order valence-corrected chi connectivity index (χ0v) is 18.2. The Morgan fingerprint density at radius 2 is 1.78 bits per heavy atom. The molecule has 3 fully saturated rings. The minimum atomic E-state index is -1.09. The van der Waals surface area contributed by atoms with E-state index >= 15 is 0 Å². The van der Waals surface area contributed by atoms with Gasteiger partial charge in [-0.1, -0.05) is 6.07 Å². The molecule has 3 amide bonds. The number of benzene rings is 1. The number of rotatable bonds is 4. The predicted molar refractivity (Wildman–Crippen MR) is 115 cm³/mol. The molecule has 0 spiro atoms. The predicted octanol–water partition coefficient (Wildman–Crippen LogP) is 1.39. The normalized spacial score (nSPS) is 28.4. The van der Waals surface area contributed by atoms with Gasteiger partial charge in [-0.25, -0.2) is 4.39 Å². The number of ether oxygens (including phenoxy) is 1. The number of hydrogen-bond acceptors (Lipinski definition) is 5. The highest BCUT2D eigenvalue weighted by Crippen LogP contribution is 2.24. The molecule has 0 radical (unpaired) electrons. The first kappa shape index (κ1) is 22.7. The van der Waals surface area contributed by atoms with Gasteiger partial charge in [0.25, 0.3) is 17.7 Å². The van der Waals surface area contributed by atoms with Gasteiger partial charge in [-0.2, -0.15) is 0 Å². The van der Waals surface area contributed by atoms with Crippen LogP contribution in [-0.4, -0.2) is 71.6 Å². The van der Waals surface area contributed by atoms with E-state index in [1.807, 2.05) is 0 Å². The third-order valence-corrected chi connectivity index (χ3v) is 6.56. The Bertz CT molecular complexity index is 852. The van der Waals surface area contributed by atoms with Gasteiger partial charge in [0.2, 0.25) is 0 Å². The van der Waals surface area contributed by atoms with Crippen molar-refractivity contribution < 1.29 is 23.5 Å². The van der Waals surface area contributed by atoms with Crippen molar-refractivity contribution in [3.8, 4) is 0 Å². The summed E-state index contributed by atoms with van der Waals surface area (Å²) in [7, 11) is 0. The van der Waals surface area contributed by atoms with Crippen LogP contribution >= 0.6 is 0 Å². The van der Waals surface area contributed by atoms with Crippen LogP contribution in [0.4, 0.5) is 4.39 Å². The molecule has 2 unspecified atom stereocenters. The Morgan fingerprint density at radius 1 is 1.03 bits per heavy atom. The van der Waals surface area contributed by atoms with Crippen molar-refractivity contribution in [3.05, 3.63) is 35.6 Å². The van der Waals surface area contributed by atoms with Gasteiger partial charge in [0.15, 0.2) is 6.17 Å². The molecule has 1 aromatic rings. The van der Waals surface area contributed by atoms with Crippen LogP contribution < -0.4 is 11.1 Å². The Morgan fingerprint density at radius 3 is 2.47 bits per heavy atom. The van der Waals surface area contributed by atoms with Crippen LogP contribution in [0.5, 0.6) is 0 Å². The average Bonchev–Trinajstić information content (AvgIpc) is 3.34. The third-order valence-electron chi connectivity index (χ3n) is 6.56. The molecule has 0 bridgehead atoms. The summed E-state index contributed by atoms with van der Waals surface area (Å²) in [6.45, 7) is 1.17. The summed E-state index contributed by atoms with van der Waals surface area (Å²) in [4.78, 5) is 42.8. The fourth-order valence-corrected chi connectivity index (χ4v) is 4.83. The lowest BCUT2D eigenvalue weighted by atomic mass is 9.91. The molecule has 0 aromatic heterocycles. The van der Waals surface area contributed by atoms with Crippen LogP contribution in [-0.2, 0) is 14.3 Å². The largest absolute Gasteiger partial charge is 0.368 e. The molecule has 174 valence electrons. The zero-order valence-electron chi connectivity index (χ0n) is 18.2. The van der Waals surface area contributed by atoms with E-state index in [2.05, 4.69) is 5.32 Å². The van der Waals surface area contributed by atoms with E-state index in [4.69, 9.17) is 10.5 Å². The molecule has 1 saturated carbocycles.